The average molecular weight is 208 g/mol. The lowest BCUT2D eigenvalue weighted by Gasteiger charge is -2.06. The molecule has 0 bridgehead atoms. The fourth-order valence-corrected chi connectivity index (χ4v) is 1.68. The minimum atomic E-state index is -0.389. The maximum atomic E-state index is 11.8. The Morgan fingerprint density at radius 3 is 2.67 bits per heavy atom. The van der Waals surface area contributed by atoms with E-state index < -0.39 is 0 Å². The summed E-state index contributed by atoms with van der Waals surface area (Å²) in [6.07, 6.45) is 5.46. The quantitative estimate of drug-likeness (QED) is 0.406. The van der Waals surface area contributed by atoms with Crippen molar-refractivity contribution >= 4 is 11.8 Å². The van der Waals surface area contributed by atoms with E-state index in [4.69, 9.17) is 4.74 Å². The molecule has 0 aromatic carbocycles. The van der Waals surface area contributed by atoms with E-state index in [-0.39, 0.29) is 17.7 Å². The molecule has 1 rings (SSSR count). The Bertz CT molecular complexity index is 337. The van der Waals surface area contributed by atoms with Crippen molar-refractivity contribution in [3.63, 3.8) is 0 Å². The molecule has 1 unspecified atom stereocenters. The summed E-state index contributed by atoms with van der Waals surface area (Å²) in [4.78, 5) is 22.5. The molecule has 0 aromatic rings. The minimum absolute atomic E-state index is 0.0319. The number of carbonyl (C=O) groups is 2. The van der Waals surface area contributed by atoms with Crippen molar-refractivity contribution in [2.45, 2.75) is 33.6 Å². The Morgan fingerprint density at radius 1 is 1.47 bits per heavy atom. The van der Waals surface area contributed by atoms with Gasteiger partial charge in [0.25, 0.3) is 0 Å². The lowest BCUT2D eigenvalue weighted by atomic mass is 10.0. The molecule has 0 aromatic heterocycles. The van der Waals surface area contributed by atoms with Gasteiger partial charge in [0, 0.05) is 12.8 Å². The molecule has 0 amide bonds. The third kappa shape index (κ3) is 2.78. The maximum absolute atomic E-state index is 11.8. The van der Waals surface area contributed by atoms with Crippen molar-refractivity contribution in [3.05, 3.63) is 23.5 Å². The SMILES string of the molecule is CCCC1C=C/C(=C(/C)OC(C)=O)C1=O. The van der Waals surface area contributed by atoms with Gasteiger partial charge in [0.15, 0.2) is 5.78 Å². The van der Waals surface area contributed by atoms with E-state index in [1.807, 2.05) is 13.0 Å². The Hall–Kier alpha value is -1.38. The third-order valence-electron chi connectivity index (χ3n) is 2.37. The van der Waals surface area contributed by atoms with Crippen molar-refractivity contribution in [1.82, 2.24) is 0 Å². The average Bonchev–Trinajstić information content (AvgIpc) is 2.48. The smallest absolute Gasteiger partial charge is 0.307 e. The normalized spacial score (nSPS) is 23.1. The Morgan fingerprint density at radius 2 is 2.13 bits per heavy atom. The first-order valence-electron chi connectivity index (χ1n) is 5.18. The predicted molar refractivity (Wildman–Crippen MR) is 57.0 cm³/mol. The summed E-state index contributed by atoms with van der Waals surface area (Å²) in [7, 11) is 0. The molecule has 82 valence electrons. The van der Waals surface area contributed by atoms with Gasteiger partial charge in [0.2, 0.25) is 0 Å². The second-order valence-electron chi connectivity index (χ2n) is 3.68. The van der Waals surface area contributed by atoms with Crippen LogP contribution in [0.3, 0.4) is 0 Å². The van der Waals surface area contributed by atoms with Crippen molar-refractivity contribution < 1.29 is 14.3 Å². The Labute approximate surface area is 89.8 Å². The van der Waals surface area contributed by atoms with Crippen molar-refractivity contribution in [1.29, 1.82) is 0 Å². The van der Waals surface area contributed by atoms with Crippen LogP contribution in [0.4, 0.5) is 0 Å². The fraction of sp³-hybridized carbons (Fsp3) is 0.500. The topological polar surface area (TPSA) is 43.4 Å². The highest BCUT2D eigenvalue weighted by Crippen LogP contribution is 2.25. The van der Waals surface area contributed by atoms with Crippen LogP contribution in [-0.2, 0) is 14.3 Å². The zero-order valence-corrected chi connectivity index (χ0v) is 9.37. The zero-order valence-electron chi connectivity index (χ0n) is 9.37. The molecule has 0 radical (unpaired) electrons. The molecule has 0 heterocycles. The summed E-state index contributed by atoms with van der Waals surface area (Å²) in [6.45, 7) is 5.02. The van der Waals surface area contributed by atoms with Gasteiger partial charge in [-0.15, -0.1) is 0 Å². The highest BCUT2D eigenvalue weighted by Gasteiger charge is 2.25. The number of ether oxygens (including phenoxy) is 1. The van der Waals surface area contributed by atoms with Crippen LogP contribution in [0.5, 0.6) is 0 Å². The number of ketones is 1. The summed E-state index contributed by atoms with van der Waals surface area (Å²) < 4.78 is 4.90. The predicted octanol–water partition coefficient (Wildman–Crippen LogP) is 2.38. The second kappa shape index (κ2) is 4.91. The van der Waals surface area contributed by atoms with E-state index in [0.29, 0.717) is 11.3 Å². The number of hydrogen-bond acceptors (Lipinski definition) is 3. The first-order chi connectivity index (χ1) is 7.06. The molecule has 3 heteroatoms. The summed E-state index contributed by atoms with van der Waals surface area (Å²) in [5, 5.41) is 0. The molecule has 0 spiro atoms. The first-order valence-corrected chi connectivity index (χ1v) is 5.18. The number of allylic oxidation sites excluding steroid dienone is 4. The number of esters is 1. The van der Waals surface area contributed by atoms with Gasteiger partial charge < -0.3 is 4.74 Å². The fourth-order valence-electron chi connectivity index (χ4n) is 1.68. The van der Waals surface area contributed by atoms with Crippen molar-refractivity contribution in [3.8, 4) is 0 Å². The molecule has 0 fully saturated rings. The minimum Gasteiger partial charge on any atom is -0.431 e. The van der Waals surface area contributed by atoms with Crippen molar-refractivity contribution in [2.24, 2.45) is 5.92 Å². The highest BCUT2D eigenvalue weighted by molar-refractivity contribution is 6.04. The molecule has 0 N–H and O–H groups in total. The van der Waals surface area contributed by atoms with Gasteiger partial charge >= 0.3 is 5.97 Å². The van der Waals surface area contributed by atoms with Crippen LogP contribution in [0.1, 0.15) is 33.6 Å². The summed E-state index contributed by atoms with van der Waals surface area (Å²) in [5.41, 5.74) is 0.531. The van der Waals surface area contributed by atoms with Gasteiger partial charge in [0.05, 0.1) is 5.57 Å². The lowest BCUT2D eigenvalue weighted by Crippen LogP contribution is -2.10. The lowest BCUT2D eigenvalue weighted by molar-refractivity contribution is -0.136. The molecule has 3 nitrogen and oxygen atoms in total. The maximum Gasteiger partial charge on any atom is 0.307 e. The molecular weight excluding hydrogens is 192 g/mol. The number of carbonyl (C=O) groups excluding carboxylic acids is 2. The zero-order chi connectivity index (χ0) is 11.4. The first kappa shape index (κ1) is 11.7. The van der Waals surface area contributed by atoms with Crippen LogP contribution in [0.2, 0.25) is 0 Å². The van der Waals surface area contributed by atoms with E-state index in [1.54, 1.807) is 13.0 Å². The highest BCUT2D eigenvalue weighted by atomic mass is 16.5. The molecule has 15 heavy (non-hydrogen) atoms. The van der Waals surface area contributed by atoms with Gasteiger partial charge in [-0.2, -0.15) is 0 Å². The van der Waals surface area contributed by atoms with Crippen LogP contribution in [-0.4, -0.2) is 11.8 Å². The molecular formula is C12H16O3. The van der Waals surface area contributed by atoms with Gasteiger partial charge in [-0.05, 0) is 13.3 Å². The Balaban J connectivity index is 2.79. The van der Waals surface area contributed by atoms with Gasteiger partial charge in [-0.1, -0.05) is 25.5 Å². The van der Waals surface area contributed by atoms with Gasteiger partial charge in [-0.25, -0.2) is 0 Å². The summed E-state index contributed by atoms with van der Waals surface area (Å²) in [6, 6.07) is 0. The van der Waals surface area contributed by atoms with E-state index in [1.165, 1.54) is 6.92 Å². The molecule has 1 aliphatic carbocycles. The molecule has 1 aliphatic rings. The largest absolute Gasteiger partial charge is 0.431 e. The van der Waals surface area contributed by atoms with Crippen LogP contribution in [0.25, 0.3) is 0 Å². The van der Waals surface area contributed by atoms with Crippen LogP contribution in [0, 0.1) is 5.92 Å². The van der Waals surface area contributed by atoms with Crippen molar-refractivity contribution in [2.75, 3.05) is 0 Å². The molecule has 0 aliphatic heterocycles. The number of rotatable bonds is 3. The van der Waals surface area contributed by atoms with E-state index in [9.17, 15) is 9.59 Å². The number of hydrogen-bond donors (Lipinski definition) is 0. The standard InChI is InChI=1S/C12H16O3/c1-4-5-10-6-7-11(12(10)14)8(2)15-9(3)13/h6-7,10H,4-5H2,1-3H3/b11-8+. The van der Waals surface area contributed by atoms with E-state index in [2.05, 4.69) is 0 Å². The van der Waals surface area contributed by atoms with E-state index in [0.717, 1.165) is 12.8 Å². The third-order valence-corrected chi connectivity index (χ3v) is 2.37. The molecule has 0 saturated heterocycles. The number of Topliss-reactive ketones (excluding diaryl/α,β-unsaturated/α-hetero) is 1. The molecule has 1 atom stereocenters. The van der Waals surface area contributed by atoms with Gasteiger partial charge in [-0.3, -0.25) is 9.59 Å². The van der Waals surface area contributed by atoms with Crippen LogP contribution < -0.4 is 0 Å². The van der Waals surface area contributed by atoms with Crippen LogP contribution in [0.15, 0.2) is 23.5 Å². The molecule has 0 saturated carbocycles. The summed E-state index contributed by atoms with van der Waals surface area (Å²) >= 11 is 0. The second-order valence-corrected chi connectivity index (χ2v) is 3.68. The van der Waals surface area contributed by atoms with Gasteiger partial charge in [0.1, 0.15) is 5.76 Å². The van der Waals surface area contributed by atoms with E-state index >= 15 is 0 Å². The Kier molecular flexibility index (Phi) is 3.83. The van der Waals surface area contributed by atoms with Crippen LogP contribution >= 0.6 is 0 Å². The summed E-state index contributed by atoms with van der Waals surface area (Å²) in [5.74, 6) is 0.0496. The monoisotopic (exact) mass is 208 g/mol.